The van der Waals surface area contributed by atoms with E-state index in [2.05, 4.69) is 0 Å². The maximum Gasteiger partial charge on any atom is 0.416 e. The average Bonchev–Trinajstić information content (AvgIpc) is 2.32. The lowest BCUT2D eigenvalue weighted by molar-refractivity contribution is -0.127. The molecular formula is C8H13NO3. The molecule has 1 saturated heterocycles. The van der Waals surface area contributed by atoms with Crippen molar-refractivity contribution in [2.45, 2.75) is 32.7 Å². The summed E-state index contributed by atoms with van der Waals surface area (Å²) in [6.07, 6.45) is 0.699. The van der Waals surface area contributed by atoms with Crippen LogP contribution in [-0.4, -0.2) is 29.5 Å². The van der Waals surface area contributed by atoms with Gasteiger partial charge in [-0.3, -0.25) is 4.79 Å². The van der Waals surface area contributed by atoms with Crippen LogP contribution in [-0.2, 0) is 9.53 Å². The molecular weight excluding hydrogens is 158 g/mol. The van der Waals surface area contributed by atoms with Crippen LogP contribution in [0.5, 0.6) is 0 Å². The quantitative estimate of drug-likeness (QED) is 0.594. The molecule has 1 aliphatic rings. The van der Waals surface area contributed by atoms with Gasteiger partial charge in [-0.1, -0.05) is 0 Å². The summed E-state index contributed by atoms with van der Waals surface area (Å²) in [7, 11) is 0. The molecule has 0 radical (unpaired) electrons. The van der Waals surface area contributed by atoms with Crippen molar-refractivity contribution in [2.75, 3.05) is 6.61 Å². The maximum atomic E-state index is 11.1. The molecule has 1 heterocycles. The highest BCUT2D eigenvalue weighted by atomic mass is 16.6. The first-order valence-corrected chi connectivity index (χ1v) is 4.15. The van der Waals surface area contributed by atoms with Gasteiger partial charge in [0, 0.05) is 12.5 Å². The molecule has 12 heavy (non-hydrogen) atoms. The summed E-state index contributed by atoms with van der Waals surface area (Å²) in [6, 6.07) is -0.00319. The van der Waals surface area contributed by atoms with E-state index in [0.717, 1.165) is 6.42 Å². The van der Waals surface area contributed by atoms with Gasteiger partial charge in [0.1, 0.15) is 0 Å². The van der Waals surface area contributed by atoms with Crippen LogP contribution in [0, 0.1) is 0 Å². The molecule has 0 N–H and O–H groups in total. The van der Waals surface area contributed by atoms with Crippen molar-refractivity contribution in [1.82, 2.24) is 4.90 Å². The molecule has 0 saturated carbocycles. The zero-order valence-corrected chi connectivity index (χ0v) is 7.37. The summed E-state index contributed by atoms with van der Waals surface area (Å²) in [4.78, 5) is 23.5. The van der Waals surface area contributed by atoms with E-state index in [9.17, 15) is 9.59 Å². The summed E-state index contributed by atoms with van der Waals surface area (Å²) >= 11 is 0. The van der Waals surface area contributed by atoms with E-state index >= 15 is 0 Å². The third-order valence-corrected chi connectivity index (χ3v) is 1.95. The summed E-state index contributed by atoms with van der Waals surface area (Å²) < 4.78 is 4.73. The normalized spacial score (nSPS) is 23.0. The van der Waals surface area contributed by atoms with E-state index in [4.69, 9.17) is 4.74 Å². The Bertz CT molecular complexity index is 202. The molecule has 0 bridgehead atoms. The number of carbonyl (C=O) groups excluding carboxylic acids is 2. The van der Waals surface area contributed by atoms with Gasteiger partial charge < -0.3 is 4.74 Å². The molecule has 0 aliphatic carbocycles. The van der Waals surface area contributed by atoms with E-state index in [1.54, 1.807) is 6.92 Å². The zero-order chi connectivity index (χ0) is 9.14. The number of nitrogens with zero attached hydrogens (tertiary/aromatic N) is 1. The van der Waals surface area contributed by atoms with Crippen LogP contribution < -0.4 is 0 Å². The van der Waals surface area contributed by atoms with Crippen molar-refractivity contribution in [3.05, 3.63) is 0 Å². The SMILES string of the molecule is CCOC(=O)N1C(=O)CCC1C. The molecule has 0 aromatic rings. The standard InChI is InChI=1S/C8H13NO3/c1-3-12-8(11)9-6(2)4-5-7(9)10/h6H,3-5H2,1-2H3. The van der Waals surface area contributed by atoms with Crippen molar-refractivity contribution in [1.29, 1.82) is 0 Å². The fraction of sp³-hybridized carbons (Fsp3) is 0.750. The van der Waals surface area contributed by atoms with Gasteiger partial charge in [-0.15, -0.1) is 0 Å². The highest BCUT2D eigenvalue weighted by molar-refractivity contribution is 5.93. The molecule has 0 aromatic heterocycles. The number of imide groups is 1. The Morgan fingerprint density at radius 2 is 2.42 bits per heavy atom. The van der Waals surface area contributed by atoms with Crippen molar-refractivity contribution in [3.8, 4) is 0 Å². The second-order valence-electron chi connectivity index (χ2n) is 2.85. The van der Waals surface area contributed by atoms with Crippen LogP contribution in [0.25, 0.3) is 0 Å². The van der Waals surface area contributed by atoms with Crippen LogP contribution in [0.15, 0.2) is 0 Å². The second-order valence-corrected chi connectivity index (χ2v) is 2.85. The van der Waals surface area contributed by atoms with Gasteiger partial charge >= 0.3 is 6.09 Å². The topological polar surface area (TPSA) is 46.6 Å². The molecule has 1 atom stereocenters. The Hall–Kier alpha value is -1.06. The lowest BCUT2D eigenvalue weighted by Gasteiger charge is -2.17. The predicted octanol–water partition coefficient (Wildman–Crippen LogP) is 1.15. The molecule has 68 valence electrons. The predicted molar refractivity (Wildman–Crippen MR) is 42.6 cm³/mol. The summed E-state index contributed by atoms with van der Waals surface area (Å²) in [5.74, 6) is -0.124. The van der Waals surface area contributed by atoms with Crippen molar-refractivity contribution < 1.29 is 14.3 Å². The van der Waals surface area contributed by atoms with Crippen LogP contribution >= 0.6 is 0 Å². The Balaban J connectivity index is 2.59. The van der Waals surface area contributed by atoms with Gasteiger partial charge in [0.15, 0.2) is 0 Å². The fourth-order valence-corrected chi connectivity index (χ4v) is 1.30. The van der Waals surface area contributed by atoms with E-state index in [-0.39, 0.29) is 11.9 Å². The minimum Gasteiger partial charge on any atom is -0.449 e. The molecule has 0 aromatic carbocycles. The van der Waals surface area contributed by atoms with Crippen molar-refractivity contribution >= 4 is 12.0 Å². The minimum absolute atomic E-state index is 0.00319. The first-order chi connectivity index (χ1) is 5.66. The summed E-state index contributed by atoms with van der Waals surface area (Å²) in [5.41, 5.74) is 0. The molecule has 1 aliphatic heterocycles. The van der Waals surface area contributed by atoms with Crippen LogP contribution in [0.3, 0.4) is 0 Å². The number of amides is 2. The molecule has 4 heteroatoms. The van der Waals surface area contributed by atoms with Crippen molar-refractivity contribution in [2.24, 2.45) is 0 Å². The number of carbonyl (C=O) groups is 2. The van der Waals surface area contributed by atoms with Crippen LogP contribution in [0.2, 0.25) is 0 Å². The van der Waals surface area contributed by atoms with Crippen molar-refractivity contribution in [3.63, 3.8) is 0 Å². The molecule has 1 fully saturated rings. The van der Waals surface area contributed by atoms with E-state index < -0.39 is 6.09 Å². The number of rotatable bonds is 1. The fourth-order valence-electron chi connectivity index (χ4n) is 1.30. The minimum atomic E-state index is -0.507. The number of hydrogen-bond acceptors (Lipinski definition) is 3. The third-order valence-electron chi connectivity index (χ3n) is 1.95. The van der Waals surface area contributed by atoms with Crippen LogP contribution in [0.1, 0.15) is 26.7 Å². The highest BCUT2D eigenvalue weighted by Gasteiger charge is 2.33. The van der Waals surface area contributed by atoms with Gasteiger partial charge in [-0.05, 0) is 20.3 Å². The summed E-state index contributed by atoms with van der Waals surface area (Å²) in [6.45, 7) is 3.89. The molecule has 1 unspecified atom stereocenters. The van der Waals surface area contributed by atoms with Crippen LogP contribution in [0.4, 0.5) is 4.79 Å². The van der Waals surface area contributed by atoms with Gasteiger partial charge in [-0.2, -0.15) is 0 Å². The number of ether oxygens (including phenoxy) is 1. The Morgan fingerprint density at radius 1 is 1.75 bits per heavy atom. The first kappa shape index (κ1) is 9.03. The van der Waals surface area contributed by atoms with Gasteiger partial charge in [-0.25, -0.2) is 9.69 Å². The number of likely N-dealkylation sites (tertiary alicyclic amines) is 1. The van der Waals surface area contributed by atoms with E-state index in [1.165, 1.54) is 4.90 Å². The lowest BCUT2D eigenvalue weighted by Crippen LogP contribution is -2.37. The van der Waals surface area contributed by atoms with E-state index in [1.807, 2.05) is 6.92 Å². The largest absolute Gasteiger partial charge is 0.449 e. The molecule has 0 spiro atoms. The van der Waals surface area contributed by atoms with Gasteiger partial charge in [0.25, 0.3) is 0 Å². The Morgan fingerprint density at radius 3 is 2.83 bits per heavy atom. The lowest BCUT2D eigenvalue weighted by atomic mass is 10.2. The molecule has 2 amide bonds. The Labute approximate surface area is 71.5 Å². The highest BCUT2D eigenvalue weighted by Crippen LogP contribution is 2.18. The second kappa shape index (κ2) is 3.56. The number of hydrogen-bond donors (Lipinski definition) is 0. The molecule has 4 nitrogen and oxygen atoms in total. The van der Waals surface area contributed by atoms with E-state index in [0.29, 0.717) is 13.0 Å². The summed E-state index contributed by atoms with van der Waals surface area (Å²) in [5, 5.41) is 0. The van der Waals surface area contributed by atoms with Gasteiger partial charge in [0.2, 0.25) is 5.91 Å². The average molecular weight is 171 g/mol. The van der Waals surface area contributed by atoms with Gasteiger partial charge in [0.05, 0.1) is 6.61 Å². The maximum absolute atomic E-state index is 11.1. The first-order valence-electron chi connectivity index (χ1n) is 4.15. The smallest absolute Gasteiger partial charge is 0.416 e. The molecule has 1 rings (SSSR count). The zero-order valence-electron chi connectivity index (χ0n) is 7.37. The monoisotopic (exact) mass is 171 g/mol. The Kier molecular flexibility index (Phi) is 2.68. The third kappa shape index (κ3) is 1.57.